The van der Waals surface area contributed by atoms with Gasteiger partial charge in [0.1, 0.15) is 11.4 Å². The van der Waals surface area contributed by atoms with Crippen molar-refractivity contribution in [2.45, 2.75) is 39.7 Å². The van der Waals surface area contributed by atoms with E-state index in [0.29, 0.717) is 16.1 Å². The molecular weight excluding hydrogens is 406 g/mol. The van der Waals surface area contributed by atoms with Crippen molar-refractivity contribution in [2.75, 3.05) is 5.32 Å². The predicted molar refractivity (Wildman–Crippen MR) is 128 cm³/mol. The summed E-state index contributed by atoms with van der Waals surface area (Å²) >= 11 is 1.44. The normalized spacial score (nSPS) is 12.1. The zero-order chi connectivity index (χ0) is 22.0. The highest BCUT2D eigenvalue weighted by atomic mass is 32.1. The summed E-state index contributed by atoms with van der Waals surface area (Å²) in [4.78, 5) is 31.1. The lowest BCUT2D eigenvalue weighted by Gasteiger charge is -2.16. The van der Waals surface area contributed by atoms with Crippen LogP contribution in [0.25, 0.3) is 21.3 Å². The van der Waals surface area contributed by atoms with Crippen LogP contribution in [0.4, 0.5) is 5.69 Å². The van der Waals surface area contributed by atoms with Crippen molar-refractivity contribution in [3.63, 3.8) is 0 Å². The van der Waals surface area contributed by atoms with E-state index in [0.717, 1.165) is 34.4 Å². The van der Waals surface area contributed by atoms with Gasteiger partial charge in [0.05, 0.1) is 11.7 Å². The molecule has 158 valence electrons. The summed E-state index contributed by atoms with van der Waals surface area (Å²) in [6.45, 7) is 6.20. The van der Waals surface area contributed by atoms with E-state index in [-0.39, 0.29) is 18.0 Å². The molecule has 0 unspecified atom stereocenters. The van der Waals surface area contributed by atoms with Crippen molar-refractivity contribution >= 4 is 33.1 Å². The summed E-state index contributed by atoms with van der Waals surface area (Å²) in [6, 6.07) is 15.9. The second kappa shape index (κ2) is 8.86. The van der Waals surface area contributed by atoms with Crippen LogP contribution >= 0.6 is 11.3 Å². The fourth-order valence-electron chi connectivity index (χ4n) is 3.63. The summed E-state index contributed by atoms with van der Waals surface area (Å²) in [5.41, 5.74) is 4.67. The number of carbonyl (C=O) groups excluding carboxylic acids is 1. The largest absolute Gasteiger partial charge is 0.324 e. The van der Waals surface area contributed by atoms with Crippen LogP contribution in [0.2, 0.25) is 0 Å². The van der Waals surface area contributed by atoms with Crippen molar-refractivity contribution in [1.82, 2.24) is 9.55 Å². The average Bonchev–Trinajstić information content (AvgIpc) is 3.21. The highest BCUT2D eigenvalue weighted by Crippen LogP contribution is 2.31. The number of aromatic nitrogens is 2. The summed E-state index contributed by atoms with van der Waals surface area (Å²) in [7, 11) is 0. The maximum absolute atomic E-state index is 13.2. The summed E-state index contributed by atoms with van der Waals surface area (Å²) in [6.07, 6.45) is 2.44. The molecule has 0 aliphatic rings. The lowest BCUT2D eigenvalue weighted by atomic mass is 9.97. The number of thiophene rings is 1. The molecule has 0 saturated heterocycles. The quantitative estimate of drug-likeness (QED) is 0.433. The minimum Gasteiger partial charge on any atom is -0.324 e. The lowest BCUT2D eigenvalue weighted by molar-refractivity contribution is -0.116. The van der Waals surface area contributed by atoms with Crippen LogP contribution in [0.1, 0.15) is 37.3 Å². The van der Waals surface area contributed by atoms with Gasteiger partial charge in [-0.3, -0.25) is 14.2 Å². The van der Waals surface area contributed by atoms with Crippen LogP contribution in [-0.4, -0.2) is 15.5 Å². The van der Waals surface area contributed by atoms with Gasteiger partial charge >= 0.3 is 0 Å². The van der Waals surface area contributed by atoms with E-state index in [1.54, 1.807) is 0 Å². The third-order valence-electron chi connectivity index (χ3n) is 5.62. The Bertz CT molecular complexity index is 1290. The van der Waals surface area contributed by atoms with E-state index in [1.165, 1.54) is 22.2 Å². The van der Waals surface area contributed by atoms with Gasteiger partial charge in [0.2, 0.25) is 5.91 Å². The molecule has 1 amide bonds. The van der Waals surface area contributed by atoms with Crippen LogP contribution in [0.5, 0.6) is 0 Å². The van der Waals surface area contributed by atoms with Crippen molar-refractivity contribution in [2.24, 2.45) is 0 Å². The van der Waals surface area contributed by atoms with Gasteiger partial charge in [-0.2, -0.15) is 0 Å². The van der Waals surface area contributed by atoms with E-state index in [4.69, 9.17) is 0 Å². The van der Waals surface area contributed by atoms with Gasteiger partial charge in [0.25, 0.3) is 5.56 Å². The molecule has 4 aromatic rings. The molecule has 0 spiro atoms. The summed E-state index contributed by atoms with van der Waals surface area (Å²) < 4.78 is 1.38. The van der Waals surface area contributed by atoms with Gasteiger partial charge in [-0.1, -0.05) is 61.9 Å². The zero-order valence-electron chi connectivity index (χ0n) is 17.9. The molecule has 0 aliphatic heterocycles. The monoisotopic (exact) mass is 431 g/mol. The second-order valence-corrected chi connectivity index (χ2v) is 8.68. The molecule has 2 heterocycles. The maximum atomic E-state index is 13.2. The van der Waals surface area contributed by atoms with E-state index >= 15 is 0 Å². The Kier molecular flexibility index (Phi) is 6.00. The minimum absolute atomic E-state index is 0.0835. The van der Waals surface area contributed by atoms with Crippen molar-refractivity contribution in [3.05, 3.63) is 81.7 Å². The molecule has 0 bridgehead atoms. The molecule has 0 aliphatic carbocycles. The third kappa shape index (κ3) is 4.30. The molecule has 0 saturated carbocycles. The molecule has 31 heavy (non-hydrogen) atoms. The highest BCUT2D eigenvalue weighted by Gasteiger charge is 2.16. The Balaban J connectivity index is 1.63. The topological polar surface area (TPSA) is 64.0 Å². The molecular formula is C25H25N3O2S. The first-order chi connectivity index (χ1) is 15.0. The number of nitrogens with zero attached hydrogens (tertiary/aromatic N) is 2. The maximum Gasteiger partial charge on any atom is 0.263 e. The summed E-state index contributed by atoms with van der Waals surface area (Å²) in [5, 5.41) is 5.49. The molecule has 0 radical (unpaired) electrons. The first-order valence-electron chi connectivity index (χ1n) is 10.4. The van der Waals surface area contributed by atoms with Crippen LogP contribution in [0.15, 0.2) is 65.0 Å². The van der Waals surface area contributed by atoms with Crippen LogP contribution in [0.3, 0.4) is 0 Å². The fraction of sp³-hybridized carbons (Fsp3) is 0.240. The summed E-state index contributed by atoms with van der Waals surface area (Å²) in [5.74, 6) is 0.0891. The number of nitrogens with one attached hydrogen (secondary N) is 1. The molecule has 2 aromatic carbocycles. The number of amides is 1. The van der Waals surface area contributed by atoms with E-state index in [2.05, 4.69) is 24.1 Å². The first-order valence-corrected chi connectivity index (χ1v) is 11.3. The zero-order valence-corrected chi connectivity index (χ0v) is 18.7. The number of rotatable bonds is 6. The third-order valence-corrected chi connectivity index (χ3v) is 6.50. The average molecular weight is 432 g/mol. The van der Waals surface area contributed by atoms with Crippen molar-refractivity contribution in [1.29, 1.82) is 0 Å². The van der Waals surface area contributed by atoms with Gasteiger partial charge in [-0.15, -0.1) is 11.3 Å². The molecule has 1 N–H and O–H groups in total. The van der Waals surface area contributed by atoms with Crippen LogP contribution in [0, 0.1) is 6.92 Å². The Hall–Kier alpha value is -3.25. The SMILES string of the molecule is CC[C@@H](C)c1ccccc1NC(=O)Cn1cnc2scc(-c3ccc(C)cc3)c2c1=O. The highest BCUT2D eigenvalue weighted by molar-refractivity contribution is 7.17. The molecule has 0 fully saturated rings. The van der Waals surface area contributed by atoms with Gasteiger partial charge in [0, 0.05) is 16.6 Å². The minimum atomic E-state index is -0.244. The van der Waals surface area contributed by atoms with E-state index < -0.39 is 0 Å². The molecule has 1 atom stereocenters. The second-order valence-electron chi connectivity index (χ2n) is 7.82. The molecule has 6 heteroatoms. The number of fused-ring (bicyclic) bond motifs is 1. The molecule has 5 nitrogen and oxygen atoms in total. The smallest absolute Gasteiger partial charge is 0.263 e. The van der Waals surface area contributed by atoms with Gasteiger partial charge < -0.3 is 5.32 Å². The van der Waals surface area contributed by atoms with Gasteiger partial charge in [-0.05, 0) is 36.5 Å². The lowest BCUT2D eigenvalue weighted by Crippen LogP contribution is -2.28. The number of aryl methyl sites for hydroxylation is 1. The van der Waals surface area contributed by atoms with E-state index in [1.807, 2.05) is 60.8 Å². The number of hydrogen-bond donors (Lipinski definition) is 1. The molecule has 4 rings (SSSR count). The molecule has 2 aromatic heterocycles. The fourth-order valence-corrected chi connectivity index (χ4v) is 4.54. The number of anilines is 1. The van der Waals surface area contributed by atoms with Crippen molar-refractivity contribution in [3.8, 4) is 11.1 Å². The standard InChI is InChI=1S/C25H25N3O2S/c1-4-17(3)19-7-5-6-8-21(19)27-22(29)13-28-15-26-24-23(25(28)30)20(14-31-24)18-11-9-16(2)10-12-18/h5-12,14-15,17H,4,13H2,1-3H3,(H,27,29)/t17-/m1/s1. The Morgan fingerprint density at radius 3 is 2.65 bits per heavy atom. The first kappa shape index (κ1) is 21.0. The Morgan fingerprint density at radius 1 is 1.16 bits per heavy atom. The van der Waals surface area contributed by atoms with Gasteiger partial charge in [-0.25, -0.2) is 4.98 Å². The predicted octanol–water partition coefficient (Wildman–Crippen LogP) is 5.59. The number of hydrogen-bond acceptors (Lipinski definition) is 4. The number of carbonyl (C=O) groups is 1. The van der Waals surface area contributed by atoms with Gasteiger partial charge in [0.15, 0.2) is 0 Å². The van der Waals surface area contributed by atoms with Crippen molar-refractivity contribution < 1.29 is 4.79 Å². The Labute approximate surface area is 185 Å². The Morgan fingerprint density at radius 2 is 1.90 bits per heavy atom. The van der Waals surface area contributed by atoms with Crippen LogP contribution < -0.4 is 10.9 Å². The van der Waals surface area contributed by atoms with E-state index in [9.17, 15) is 9.59 Å². The van der Waals surface area contributed by atoms with Crippen LogP contribution in [-0.2, 0) is 11.3 Å². The number of para-hydroxylation sites is 1. The number of benzene rings is 2.